The van der Waals surface area contributed by atoms with Crippen LogP contribution < -0.4 is 16.2 Å². The van der Waals surface area contributed by atoms with E-state index in [9.17, 15) is 4.79 Å². The zero-order valence-electron chi connectivity index (χ0n) is 17.5. The summed E-state index contributed by atoms with van der Waals surface area (Å²) in [5, 5.41) is 11.3. The molecule has 0 atom stereocenters. The van der Waals surface area contributed by atoms with E-state index in [1.807, 2.05) is 38.2 Å². The number of carbonyl (C=O) groups is 1. The molecule has 0 bridgehead atoms. The molecule has 0 unspecified atom stereocenters. The summed E-state index contributed by atoms with van der Waals surface area (Å²) in [4.78, 5) is 21.4. The third-order valence-corrected chi connectivity index (χ3v) is 5.98. The molecule has 0 aliphatic rings. The second kappa shape index (κ2) is 8.52. The zero-order chi connectivity index (χ0) is 22.1. The minimum absolute atomic E-state index is 0.279. The van der Waals surface area contributed by atoms with Gasteiger partial charge in [0, 0.05) is 23.4 Å². The van der Waals surface area contributed by atoms with E-state index >= 15 is 0 Å². The number of amides is 2. The van der Waals surface area contributed by atoms with Gasteiger partial charge < -0.3 is 0 Å². The van der Waals surface area contributed by atoms with Gasteiger partial charge in [-0.15, -0.1) is 11.3 Å². The minimum atomic E-state index is -0.454. The van der Waals surface area contributed by atoms with E-state index in [1.54, 1.807) is 16.1 Å². The van der Waals surface area contributed by atoms with Crippen LogP contribution in [0.3, 0.4) is 0 Å². The molecule has 0 spiro atoms. The highest BCUT2D eigenvalue weighted by atomic mass is 35.5. The summed E-state index contributed by atoms with van der Waals surface area (Å²) in [5.74, 6) is 1.25. The number of urea groups is 1. The number of aryl methyl sites for hydroxylation is 2. The van der Waals surface area contributed by atoms with Crippen molar-refractivity contribution < 1.29 is 4.79 Å². The van der Waals surface area contributed by atoms with Crippen LogP contribution >= 0.6 is 22.9 Å². The number of benzene rings is 1. The average Bonchev–Trinajstić information content (AvgIpc) is 3.30. The third-order valence-electron chi connectivity index (χ3n) is 4.78. The van der Waals surface area contributed by atoms with Gasteiger partial charge in [-0.3, -0.25) is 15.4 Å². The van der Waals surface area contributed by atoms with Gasteiger partial charge in [0.25, 0.3) is 0 Å². The van der Waals surface area contributed by atoms with Crippen molar-refractivity contribution in [2.75, 3.05) is 10.7 Å². The second-order valence-corrected chi connectivity index (χ2v) is 8.65. The molecule has 0 radical (unpaired) electrons. The monoisotopic (exact) mass is 455 g/mol. The van der Waals surface area contributed by atoms with Crippen molar-refractivity contribution in [2.24, 2.45) is 7.05 Å². The topological polar surface area (TPSA) is 96.8 Å². The lowest BCUT2D eigenvalue weighted by Gasteiger charge is -2.13. The second-order valence-electron chi connectivity index (χ2n) is 7.38. The highest BCUT2D eigenvalue weighted by Crippen LogP contribution is 2.31. The highest BCUT2D eigenvalue weighted by Gasteiger charge is 2.16. The lowest BCUT2D eigenvalue weighted by Crippen LogP contribution is -2.34. The minimum Gasteiger partial charge on any atom is -0.290 e. The normalized spacial score (nSPS) is 11.2. The quantitative estimate of drug-likeness (QED) is 0.353. The van der Waals surface area contributed by atoms with Gasteiger partial charge in [-0.1, -0.05) is 43.6 Å². The Labute approximate surface area is 188 Å². The van der Waals surface area contributed by atoms with Gasteiger partial charge >= 0.3 is 6.03 Å². The molecule has 0 fully saturated rings. The van der Waals surface area contributed by atoms with Crippen LogP contribution in [0.5, 0.6) is 0 Å². The molecular formula is C21H22ClN7OS. The van der Waals surface area contributed by atoms with E-state index in [0.717, 1.165) is 32.9 Å². The maximum atomic E-state index is 12.4. The van der Waals surface area contributed by atoms with Gasteiger partial charge in [0.2, 0.25) is 0 Å². The van der Waals surface area contributed by atoms with Crippen LogP contribution in [-0.2, 0) is 7.05 Å². The molecule has 0 aliphatic carbocycles. The molecule has 8 nitrogen and oxygen atoms in total. The van der Waals surface area contributed by atoms with Crippen molar-refractivity contribution in [3.63, 3.8) is 0 Å². The molecule has 3 N–H and O–H groups in total. The van der Waals surface area contributed by atoms with Gasteiger partial charge in [-0.05, 0) is 30.5 Å². The standard InChI is InChI=1S/C21H22ClN7OS/c1-11(2)14-9-16(23-19-18(14)12(3)28-29(19)4)26-27-21(30)25-17-10-31-20(24-17)13-7-5-6-8-15(13)22/h5-11H,1-4H3,(H,23,26)(H2,25,27,30). The van der Waals surface area contributed by atoms with Crippen molar-refractivity contribution in [1.82, 2.24) is 25.2 Å². The molecule has 0 aliphatic heterocycles. The van der Waals surface area contributed by atoms with E-state index in [-0.39, 0.29) is 5.92 Å². The van der Waals surface area contributed by atoms with Gasteiger partial charge in [0.1, 0.15) is 16.6 Å². The highest BCUT2D eigenvalue weighted by molar-refractivity contribution is 7.13. The summed E-state index contributed by atoms with van der Waals surface area (Å²) in [6.45, 7) is 6.20. The number of hydrazine groups is 1. The van der Waals surface area contributed by atoms with Crippen molar-refractivity contribution >= 4 is 51.6 Å². The number of rotatable bonds is 5. The van der Waals surface area contributed by atoms with E-state index in [2.05, 4.69) is 45.1 Å². The fraction of sp³-hybridized carbons (Fsp3) is 0.238. The van der Waals surface area contributed by atoms with Gasteiger partial charge in [-0.2, -0.15) is 5.10 Å². The van der Waals surface area contributed by atoms with E-state index in [0.29, 0.717) is 16.7 Å². The number of hydrogen-bond acceptors (Lipinski definition) is 6. The van der Waals surface area contributed by atoms with Crippen LogP contribution in [0, 0.1) is 6.92 Å². The Morgan fingerprint density at radius 2 is 1.97 bits per heavy atom. The van der Waals surface area contributed by atoms with Crippen molar-refractivity contribution in [3.8, 4) is 10.6 Å². The number of fused-ring (bicyclic) bond motifs is 1. The average molecular weight is 456 g/mol. The third kappa shape index (κ3) is 4.33. The summed E-state index contributed by atoms with van der Waals surface area (Å²) in [7, 11) is 1.86. The lowest BCUT2D eigenvalue weighted by atomic mass is 10.00. The first-order chi connectivity index (χ1) is 14.8. The predicted octanol–water partition coefficient (Wildman–Crippen LogP) is 5.33. The molecule has 4 aromatic rings. The number of anilines is 2. The molecule has 3 aromatic heterocycles. The van der Waals surface area contributed by atoms with Crippen molar-refractivity contribution in [3.05, 3.63) is 52.0 Å². The largest absolute Gasteiger partial charge is 0.339 e. The number of nitrogens with one attached hydrogen (secondary N) is 3. The smallest absolute Gasteiger partial charge is 0.290 e. The van der Waals surface area contributed by atoms with E-state index < -0.39 is 6.03 Å². The number of nitrogens with zero attached hydrogens (tertiary/aromatic N) is 4. The van der Waals surface area contributed by atoms with Gasteiger partial charge in [0.15, 0.2) is 5.65 Å². The predicted molar refractivity (Wildman–Crippen MR) is 126 cm³/mol. The number of thiazole rings is 1. The fourth-order valence-corrected chi connectivity index (χ4v) is 4.43. The van der Waals surface area contributed by atoms with Crippen molar-refractivity contribution in [2.45, 2.75) is 26.7 Å². The van der Waals surface area contributed by atoms with Gasteiger partial charge in [-0.25, -0.2) is 20.2 Å². The summed E-state index contributed by atoms with van der Waals surface area (Å²) in [6, 6.07) is 8.93. The maximum absolute atomic E-state index is 12.4. The van der Waals surface area contributed by atoms with Crippen molar-refractivity contribution in [1.29, 1.82) is 0 Å². The van der Waals surface area contributed by atoms with E-state index in [4.69, 9.17) is 11.6 Å². The Morgan fingerprint density at radius 3 is 2.71 bits per heavy atom. The van der Waals surface area contributed by atoms with Gasteiger partial charge in [0.05, 0.1) is 10.7 Å². The number of hydrogen-bond donors (Lipinski definition) is 3. The van der Waals surface area contributed by atoms with Crippen LogP contribution in [0.1, 0.15) is 31.0 Å². The molecular weight excluding hydrogens is 434 g/mol. The van der Waals surface area contributed by atoms with Crippen LogP contribution in [0.25, 0.3) is 21.6 Å². The summed E-state index contributed by atoms with van der Waals surface area (Å²) in [5.41, 5.74) is 9.12. The Hall–Kier alpha value is -3.17. The number of halogens is 1. The summed E-state index contributed by atoms with van der Waals surface area (Å²) < 4.78 is 1.74. The molecule has 1 aromatic carbocycles. The molecule has 0 saturated heterocycles. The lowest BCUT2D eigenvalue weighted by molar-refractivity contribution is 0.253. The SMILES string of the molecule is Cc1nn(C)c2nc(NNC(=O)Nc3csc(-c4ccccc4Cl)n3)cc(C(C)C)c12. The molecule has 0 saturated carbocycles. The Bertz CT molecular complexity index is 1260. The molecule has 4 rings (SSSR count). The molecule has 160 valence electrons. The van der Waals surface area contributed by atoms with Crippen LogP contribution in [-0.4, -0.2) is 25.8 Å². The Balaban J connectivity index is 1.47. The summed E-state index contributed by atoms with van der Waals surface area (Å²) >= 11 is 7.63. The Kier molecular flexibility index (Phi) is 5.79. The first-order valence-corrected chi connectivity index (χ1v) is 11.0. The molecule has 31 heavy (non-hydrogen) atoms. The fourth-order valence-electron chi connectivity index (χ4n) is 3.36. The maximum Gasteiger partial charge on any atom is 0.339 e. The summed E-state index contributed by atoms with van der Waals surface area (Å²) in [6.07, 6.45) is 0. The number of aromatic nitrogens is 4. The Morgan fingerprint density at radius 1 is 1.19 bits per heavy atom. The van der Waals surface area contributed by atoms with Crippen LogP contribution in [0.4, 0.5) is 16.4 Å². The molecule has 3 heterocycles. The molecule has 10 heteroatoms. The zero-order valence-corrected chi connectivity index (χ0v) is 19.1. The molecule has 2 amide bonds. The van der Waals surface area contributed by atoms with Crippen LogP contribution in [0.15, 0.2) is 35.7 Å². The number of carbonyl (C=O) groups excluding carboxylic acids is 1. The van der Waals surface area contributed by atoms with E-state index in [1.165, 1.54) is 11.3 Å². The first kappa shape index (κ1) is 21.1. The first-order valence-electron chi connectivity index (χ1n) is 9.71. The van der Waals surface area contributed by atoms with Crippen LogP contribution in [0.2, 0.25) is 5.02 Å². The number of pyridine rings is 1.